The summed E-state index contributed by atoms with van der Waals surface area (Å²) in [6.07, 6.45) is 5.15. The molecule has 3 rings (SSSR count). The van der Waals surface area contributed by atoms with Crippen LogP contribution >= 0.6 is 23.8 Å². The van der Waals surface area contributed by atoms with E-state index in [1.807, 2.05) is 18.2 Å². The molecule has 0 bridgehead atoms. The zero-order chi connectivity index (χ0) is 14.8. The van der Waals surface area contributed by atoms with Crippen molar-refractivity contribution in [2.45, 2.75) is 45.2 Å². The summed E-state index contributed by atoms with van der Waals surface area (Å²) < 4.78 is 2.91. The maximum atomic E-state index is 6.33. The quantitative estimate of drug-likeness (QED) is 0.830. The summed E-state index contributed by atoms with van der Waals surface area (Å²) in [6.45, 7) is 5.64. The Morgan fingerprint density at radius 1 is 1.33 bits per heavy atom. The lowest BCUT2D eigenvalue weighted by atomic mass is 10.0. The Balaban J connectivity index is 1.71. The molecule has 5 heteroatoms. The molecule has 1 N–H and O–H groups in total. The van der Waals surface area contributed by atoms with Crippen molar-refractivity contribution < 1.29 is 0 Å². The minimum Gasteiger partial charge on any atom is -0.331 e. The highest BCUT2D eigenvalue weighted by Crippen LogP contribution is 2.24. The van der Waals surface area contributed by atoms with Crippen LogP contribution in [0.25, 0.3) is 11.0 Å². The first-order chi connectivity index (χ1) is 10.2. The van der Waals surface area contributed by atoms with Crippen molar-refractivity contribution >= 4 is 34.9 Å². The number of para-hydroxylation sites is 1. The van der Waals surface area contributed by atoms with Gasteiger partial charge in [-0.1, -0.05) is 24.1 Å². The van der Waals surface area contributed by atoms with Crippen LogP contribution in [-0.2, 0) is 6.54 Å². The summed E-state index contributed by atoms with van der Waals surface area (Å²) in [6, 6.07) is 6.63. The lowest BCUT2D eigenvalue weighted by Crippen LogP contribution is -2.38. The maximum Gasteiger partial charge on any atom is 0.178 e. The van der Waals surface area contributed by atoms with Crippen LogP contribution in [-0.4, -0.2) is 33.6 Å². The molecule has 1 aromatic heterocycles. The molecule has 1 aromatic carbocycles. The van der Waals surface area contributed by atoms with Crippen LogP contribution in [0.5, 0.6) is 0 Å². The van der Waals surface area contributed by atoms with Gasteiger partial charge in [0, 0.05) is 19.1 Å². The molecule has 1 unspecified atom stereocenters. The standard InChI is InChI=1S/C16H22ClN3S/c1-12-6-2-3-9-19(12)10-5-11-20-15-13(17)7-4-8-14(15)18-16(20)21/h4,7-8,12H,2-3,5-6,9-11H2,1H3,(H,18,21). The van der Waals surface area contributed by atoms with Gasteiger partial charge in [0.15, 0.2) is 4.77 Å². The first-order valence-electron chi connectivity index (χ1n) is 7.78. The molecule has 114 valence electrons. The smallest absolute Gasteiger partial charge is 0.178 e. The summed E-state index contributed by atoms with van der Waals surface area (Å²) in [5.74, 6) is 0. The summed E-state index contributed by atoms with van der Waals surface area (Å²) in [7, 11) is 0. The fourth-order valence-corrected chi connectivity index (χ4v) is 3.88. The third-order valence-corrected chi connectivity index (χ3v) is 5.14. The van der Waals surface area contributed by atoms with E-state index < -0.39 is 0 Å². The Labute approximate surface area is 135 Å². The molecule has 0 amide bonds. The first-order valence-corrected chi connectivity index (χ1v) is 8.56. The van der Waals surface area contributed by atoms with E-state index in [2.05, 4.69) is 21.4 Å². The Bertz CT molecular complexity index is 676. The van der Waals surface area contributed by atoms with Crippen LogP contribution in [0.1, 0.15) is 32.6 Å². The minimum absolute atomic E-state index is 0.721. The van der Waals surface area contributed by atoms with E-state index in [-0.39, 0.29) is 0 Å². The van der Waals surface area contributed by atoms with Crippen molar-refractivity contribution in [2.75, 3.05) is 13.1 Å². The molecular weight excluding hydrogens is 302 g/mol. The average molecular weight is 324 g/mol. The zero-order valence-corrected chi connectivity index (χ0v) is 14.0. The van der Waals surface area contributed by atoms with Crippen LogP contribution in [0.4, 0.5) is 0 Å². The maximum absolute atomic E-state index is 6.33. The van der Waals surface area contributed by atoms with Gasteiger partial charge in [-0.15, -0.1) is 0 Å². The number of rotatable bonds is 4. The number of nitrogens with zero attached hydrogens (tertiary/aromatic N) is 2. The fourth-order valence-electron chi connectivity index (χ4n) is 3.31. The predicted octanol–water partition coefficient (Wildman–Crippen LogP) is 4.62. The molecule has 21 heavy (non-hydrogen) atoms. The van der Waals surface area contributed by atoms with Gasteiger partial charge in [0.1, 0.15) is 0 Å². The molecule has 3 nitrogen and oxygen atoms in total. The Morgan fingerprint density at radius 2 is 2.19 bits per heavy atom. The van der Waals surface area contributed by atoms with Gasteiger partial charge in [0.05, 0.1) is 16.1 Å². The van der Waals surface area contributed by atoms with Crippen LogP contribution in [0.3, 0.4) is 0 Å². The number of aryl methyl sites for hydroxylation is 1. The summed E-state index contributed by atoms with van der Waals surface area (Å²) in [4.78, 5) is 5.85. The van der Waals surface area contributed by atoms with E-state index in [4.69, 9.17) is 23.8 Å². The topological polar surface area (TPSA) is 24.0 Å². The van der Waals surface area contributed by atoms with E-state index in [0.29, 0.717) is 0 Å². The highest BCUT2D eigenvalue weighted by molar-refractivity contribution is 7.71. The van der Waals surface area contributed by atoms with Gasteiger partial charge in [0.25, 0.3) is 0 Å². The molecule has 0 aliphatic carbocycles. The fraction of sp³-hybridized carbons (Fsp3) is 0.562. The molecule has 0 radical (unpaired) electrons. The largest absolute Gasteiger partial charge is 0.331 e. The Kier molecular flexibility index (Phi) is 4.67. The van der Waals surface area contributed by atoms with E-state index in [1.54, 1.807) is 0 Å². The number of nitrogens with one attached hydrogen (secondary N) is 1. The van der Waals surface area contributed by atoms with Crippen molar-refractivity contribution in [3.8, 4) is 0 Å². The van der Waals surface area contributed by atoms with Gasteiger partial charge >= 0.3 is 0 Å². The lowest BCUT2D eigenvalue weighted by Gasteiger charge is -2.33. The second-order valence-electron chi connectivity index (χ2n) is 5.95. The van der Waals surface area contributed by atoms with Crippen LogP contribution in [0, 0.1) is 4.77 Å². The molecule has 1 fully saturated rings. The van der Waals surface area contributed by atoms with Crippen LogP contribution in [0.15, 0.2) is 18.2 Å². The molecule has 1 atom stereocenters. The number of aromatic nitrogens is 2. The number of imidazole rings is 1. The number of benzene rings is 1. The third-order valence-electron chi connectivity index (χ3n) is 4.51. The summed E-state index contributed by atoms with van der Waals surface area (Å²) >= 11 is 11.8. The van der Waals surface area contributed by atoms with Crippen LogP contribution in [0.2, 0.25) is 5.02 Å². The predicted molar refractivity (Wildman–Crippen MR) is 91.6 cm³/mol. The van der Waals surface area contributed by atoms with Gasteiger partial charge in [-0.3, -0.25) is 0 Å². The number of hydrogen-bond donors (Lipinski definition) is 1. The number of piperidine rings is 1. The summed E-state index contributed by atoms with van der Waals surface area (Å²) in [5.41, 5.74) is 2.06. The van der Waals surface area contributed by atoms with Gasteiger partial charge < -0.3 is 14.5 Å². The summed E-state index contributed by atoms with van der Waals surface area (Å²) in [5, 5.41) is 0.770. The molecule has 0 saturated carbocycles. The van der Waals surface area contributed by atoms with Crippen molar-refractivity contribution in [1.82, 2.24) is 14.5 Å². The zero-order valence-electron chi connectivity index (χ0n) is 12.4. The van der Waals surface area contributed by atoms with Gasteiger partial charge in [-0.25, -0.2) is 0 Å². The third kappa shape index (κ3) is 3.17. The number of H-pyrrole nitrogens is 1. The van der Waals surface area contributed by atoms with E-state index in [9.17, 15) is 0 Å². The molecule has 2 heterocycles. The van der Waals surface area contributed by atoms with Gasteiger partial charge in [-0.2, -0.15) is 0 Å². The number of aromatic amines is 1. The van der Waals surface area contributed by atoms with Crippen molar-refractivity contribution in [3.63, 3.8) is 0 Å². The molecule has 0 spiro atoms. The molecular formula is C16H22ClN3S. The highest BCUT2D eigenvalue weighted by Gasteiger charge is 2.17. The van der Waals surface area contributed by atoms with Gasteiger partial charge in [-0.05, 0) is 57.1 Å². The molecule has 1 aliphatic heterocycles. The molecule has 1 saturated heterocycles. The van der Waals surface area contributed by atoms with Crippen molar-refractivity contribution in [1.29, 1.82) is 0 Å². The number of likely N-dealkylation sites (tertiary alicyclic amines) is 1. The van der Waals surface area contributed by atoms with Crippen molar-refractivity contribution in [3.05, 3.63) is 28.0 Å². The van der Waals surface area contributed by atoms with Gasteiger partial charge in [0.2, 0.25) is 0 Å². The highest BCUT2D eigenvalue weighted by atomic mass is 35.5. The second-order valence-corrected chi connectivity index (χ2v) is 6.75. The second kappa shape index (κ2) is 6.51. The SMILES string of the molecule is CC1CCCCN1CCCn1c(=S)[nH]c2cccc(Cl)c21. The molecule has 1 aliphatic rings. The Morgan fingerprint density at radius 3 is 3.00 bits per heavy atom. The Hall–Kier alpha value is -0.840. The number of halogens is 1. The lowest BCUT2D eigenvalue weighted by molar-refractivity contribution is 0.157. The monoisotopic (exact) mass is 323 g/mol. The number of hydrogen-bond acceptors (Lipinski definition) is 2. The van der Waals surface area contributed by atoms with Crippen molar-refractivity contribution in [2.24, 2.45) is 0 Å². The van der Waals surface area contributed by atoms with E-state index >= 15 is 0 Å². The number of fused-ring (bicyclic) bond motifs is 1. The minimum atomic E-state index is 0.721. The van der Waals surface area contributed by atoms with Crippen LogP contribution < -0.4 is 0 Å². The van der Waals surface area contributed by atoms with E-state index in [0.717, 1.165) is 46.4 Å². The normalized spacial score (nSPS) is 20.2. The molecule has 2 aromatic rings. The first kappa shape index (κ1) is 15.1. The average Bonchev–Trinajstić information content (AvgIpc) is 2.78. The van der Waals surface area contributed by atoms with E-state index in [1.165, 1.54) is 25.8 Å².